The largest absolute Gasteiger partial charge is 0.478 e. The molecule has 0 amide bonds. The fraction of sp³-hybridized carbons (Fsp3) is 0. The van der Waals surface area contributed by atoms with Crippen LogP contribution in [0.1, 0.15) is 10.4 Å². The van der Waals surface area contributed by atoms with Crippen LogP contribution in [0, 0.1) is 0 Å². The molecule has 2 heterocycles. The van der Waals surface area contributed by atoms with Gasteiger partial charge in [0.15, 0.2) is 5.15 Å². The lowest BCUT2D eigenvalue weighted by Crippen LogP contribution is -1.98. The quantitative estimate of drug-likeness (QED) is 0.716. The van der Waals surface area contributed by atoms with Gasteiger partial charge in [0.2, 0.25) is 0 Å². The number of carboxylic acid groups (broad SMARTS) is 1. The second kappa shape index (κ2) is 3.43. The number of fused-ring (bicyclic) bond motifs is 3. The van der Waals surface area contributed by atoms with Crippen molar-refractivity contribution in [3.63, 3.8) is 0 Å². The summed E-state index contributed by atoms with van der Waals surface area (Å²) < 4.78 is 1.77. The van der Waals surface area contributed by atoms with E-state index in [0.717, 1.165) is 5.52 Å². The van der Waals surface area contributed by atoms with Crippen LogP contribution in [0.15, 0.2) is 30.7 Å². The van der Waals surface area contributed by atoms with Gasteiger partial charge in [0, 0.05) is 0 Å². The first-order valence-corrected chi connectivity index (χ1v) is 5.19. The molecule has 1 aromatic carbocycles. The van der Waals surface area contributed by atoms with Gasteiger partial charge in [0.25, 0.3) is 0 Å². The molecule has 0 bridgehead atoms. The van der Waals surface area contributed by atoms with Gasteiger partial charge in [-0.2, -0.15) is 0 Å². The Morgan fingerprint density at radius 1 is 1.35 bits per heavy atom. The second-order valence-electron chi connectivity index (χ2n) is 3.56. The second-order valence-corrected chi connectivity index (χ2v) is 3.92. The molecule has 0 atom stereocenters. The molecule has 1 N–H and O–H groups in total. The summed E-state index contributed by atoms with van der Waals surface area (Å²) in [7, 11) is 0. The van der Waals surface area contributed by atoms with Crippen molar-refractivity contribution in [2.24, 2.45) is 0 Å². The molecule has 6 heteroatoms. The molecule has 0 unspecified atom stereocenters. The number of carbonyl (C=O) groups is 1. The van der Waals surface area contributed by atoms with Gasteiger partial charge in [0.1, 0.15) is 5.52 Å². The van der Waals surface area contributed by atoms with Crippen LogP contribution in [0.4, 0.5) is 0 Å². The van der Waals surface area contributed by atoms with Crippen LogP contribution in [-0.2, 0) is 0 Å². The number of aromatic carboxylic acids is 1. The van der Waals surface area contributed by atoms with Crippen LogP contribution in [0.5, 0.6) is 0 Å². The lowest BCUT2D eigenvalue weighted by molar-refractivity contribution is 0.0697. The summed E-state index contributed by atoms with van der Waals surface area (Å²) in [6, 6.07) is 4.71. The van der Waals surface area contributed by atoms with Crippen LogP contribution in [0.2, 0.25) is 5.15 Å². The maximum atomic E-state index is 10.9. The van der Waals surface area contributed by atoms with Crippen molar-refractivity contribution in [3.8, 4) is 0 Å². The highest BCUT2D eigenvalue weighted by Gasteiger charge is 2.09. The normalized spacial score (nSPS) is 11.1. The molecule has 3 rings (SSSR count). The molecule has 0 fully saturated rings. The highest BCUT2D eigenvalue weighted by Crippen LogP contribution is 2.22. The minimum Gasteiger partial charge on any atom is -0.478 e. The van der Waals surface area contributed by atoms with Gasteiger partial charge >= 0.3 is 5.97 Å². The van der Waals surface area contributed by atoms with Crippen molar-refractivity contribution in [2.75, 3.05) is 0 Å². The number of nitrogens with zero attached hydrogens (tertiary/aromatic N) is 3. The van der Waals surface area contributed by atoms with Gasteiger partial charge in [-0.15, -0.1) is 0 Å². The third kappa shape index (κ3) is 1.43. The standard InChI is InChI=1S/C11H6ClN3O2/c12-10-9-4-13-5-15(9)8-2-1-6(11(16)17)3-7(8)14-10/h1-5H,(H,16,17). The molecule has 0 radical (unpaired) electrons. The van der Waals surface area contributed by atoms with Crippen molar-refractivity contribution in [1.82, 2.24) is 14.4 Å². The first-order chi connectivity index (χ1) is 8.16. The number of imidazole rings is 1. The fourth-order valence-electron chi connectivity index (χ4n) is 1.75. The molecule has 2 aromatic heterocycles. The number of hydrogen-bond acceptors (Lipinski definition) is 3. The van der Waals surface area contributed by atoms with Gasteiger partial charge in [-0.1, -0.05) is 11.6 Å². The molecule has 84 valence electrons. The summed E-state index contributed by atoms with van der Waals surface area (Å²) in [5, 5.41) is 9.21. The van der Waals surface area contributed by atoms with Gasteiger partial charge in [-0.05, 0) is 18.2 Å². The number of hydrogen-bond donors (Lipinski definition) is 1. The Kier molecular flexibility index (Phi) is 2.02. The van der Waals surface area contributed by atoms with Gasteiger partial charge in [-0.25, -0.2) is 14.8 Å². The Hall–Kier alpha value is -2.14. The maximum absolute atomic E-state index is 10.9. The lowest BCUT2D eigenvalue weighted by atomic mass is 10.2. The van der Waals surface area contributed by atoms with Crippen molar-refractivity contribution in [1.29, 1.82) is 0 Å². The minimum absolute atomic E-state index is 0.181. The molecule has 0 aliphatic heterocycles. The molecule has 0 aliphatic carbocycles. The van der Waals surface area contributed by atoms with Crippen LogP contribution in [0.25, 0.3) is 16.6 Å². The number of carboxylic acids is 1. The Balaban J connectivity index is 2.45. The van der Waals surface area contributed by atoms with Crippen LogP contribution >= 0.6 is 11.6 Å². The average molecular weight is 248 g/mol. The Labute approximate surface area is 100 Å². The molecular weight excluding hydrogens is 242 g/mol. The number of halogens is 1. The topological polar surface area (TPSA) is 67.5 Å². The Morgan fingerprint density at radius 2 is 2.18 bits per heavy atom. The molecule has 0 saturated carbocycles. The first-order valence-electron chi connectivity index (χ1n) is 4.81. The van der Waals surface area contributed by atoms with Crippen LogP contribution in [0.3, 0.4) is 0 Å². The molecule has 0 aliphatic rings. The van der Waals surface area contributed by atoms with E-state index in [9.17, 15) is 4.79 Å². The molecule has 0 spiro atoms. The van der Waals surface area contributed by atoms with Crippen LogP contribution in [-0.4, -0.2) is 25.4 Å². The van der Waals surface area contributed by atoms with E-state index >= 15 is 0 Å². The maximum Gasteiger partial charge on any atom is 0.335 e. The van der Waals surface area contributed by atoms with Crippen molar-refractivity contribution >= 4 is 34.1 Å². The summed E-state index contributed by atoms with van der Waals surface area (Å²) in [5.41, 5.74) is 2.18. The highest BCUT2D eigenvalue weighted by molar-refractivity contribution is 6.33. The van der Waals surface area contributed by atoms with Crippen LogP contribution < -0.4 is 0 Å². The number of aromatic nitrogens is 3. The molecule has 3 aromatic rings. The van der Waals surface area contributed by atoms with Crippen molar-refractivity contribution < 1.29 is 9.90 Å². The molecule has 0 saturated heterocycles. The minimum atomic E-state index is -0.990. The Bertz CT molecular complexity index is 751. The zero-order chi connectivity index (χ0) is 12.0. The van der Waals surface area contributed by atoms with Crippen molar-refractivity contribution in [2.45, 2.75) is 0 Å². The zero-order valence-electron chi connectivity index (χ0n) is 8.46. The SMILES string of the molecule is O=C(O)c1ccc2c(c1)nc(Cl)c1cncn12. The summed E-state index contributed by atoms with van der Waals surface area (Å²) >= 11 is 5.99. The molecular formula is C11H6ClN3O2. The molecule has 17 heavy (non-hydrogen) atoms. The van der Waals surface area contributed by atoms with Gasteiger partial charge < -0.3 is 5.11 Å². The molecule has 5 nitrogen and oxygen atoms in total. The average Bonchev–Trinajstić information content (AvgIpc) is 2.78. The first kappa shape index (κ1) is 10.0. The zero-order valence-corrected chi connectivity index (χ0v) is 9.22. The van der Waals surface area contributed by atoms with E-state index in [1.54, 1.807) is 23.0 Å². The summed E-state index contributed by atoms with van der Waals surface area (Å²) in [4.78, 5) is 19.0. The summed E-state index contributed by atoms with van der Waals surface area (Å²) in [6.45, 7) is 0. The van der Waals surface area contributed by atoms with E-state index in [2.05, 4.69) is 9.97 Å². The smallest absolute Gasteiger partial charge is 0.335 e. The Morgan fingerprint density at radius 3 is 2.94 bits per heavy atom. The fourth-order valence-corrected chi connectivity index (χ4v) is 1.98. The lowest BCUT2D eigenvalue weighted by Gasteiger charge is -2.04. The van der Waals surface area contributed by atoms with E-state index in [-0.39, 0.29) is 5.56 Å². The third-order valence-electron chi connectivity index (χ3n) is 2.55. The summed E-state index contributed by atoms with van der Waals surface area (Å²) in [6.07, 6.45) is 3.23. The summed E-state index contributed by atoms with van der Waals surface area (Å²) in [5.74, 6) is -0.990. The van der Waals surface area contributed by atoms with Crippen molar-refractivity contribution in [3.05, 3.63) is 41.4 Å². The third-order valence-corrected chi connectivity index (χ3v) is 2.83. The number of benzene rings is 1. The van der Waals surface area contributed by atoms with E-state index in [1.165, 1.54) is 12.1 Å². The highest BCUT2D eigenvalue weighted by atomic mass is 35.5. The van der Waals surface area contributed by atoms with E-state index in [4.69, 9.17) is 16.7 Å². The van der Waals surface area contributed by atoms with E-state index in [1.807, 2.05) is 0 Å². The predicted molar refractivity (Wildman–Crippen MR) is 62.5 cm³/mol. The van der Waals surface area contributed by atoms with E-state index < -0.39 is 5.97 Å². The van der Waals surface area contributed by atoms with E-state index in [0.29, 0.717) is 16.2 Å². The number of rotatable bonds is 1. The monoisotopic (exact) mass is 247 g/mol. The predicted octanol–water partition coefficient (Wildman–Crippen LogP) is 2.23. The van der Waals surface area contributed by atoms with Gasteiger partial charge in [-0.3, -0.25) is 4.40 Å². The van der Waals surface area contributed by atoms with Gasteiger partial charge in [0.05, 0.1) is 29.1 Å².